The molecule has 1 aromatic heterocycles. The van der Waals surface area contributed by atoms with Gasteiger partial charge in [0.2, 0.25) is 0 Å². The molecule has 2 nitrogen and oxygen atoms in total. The van der Waals surface area contributed by atoms with Crippen LogP contribution < -0.4 is 63.3 Å². The maximum atomic E-state index is 3.61. The summed E-state index contributed by atoms with van der Waals surface area (Å²) >= 11 is 0. The molecule has 0 aromatic carbocycles. The molecule has 1 aromatic rings. The van der Waals surface area contributed by atoms with Gasteiger partial charge in [-0.2, -0.15) is 5.69 Å². The molecule has 0 atom stereocenters. The Hall–Kier alpha value is 0.0152. The summed E-state index contributed by atoms with van der Waals surface area (Å²) in [5.74, 6) is 0. The largest absolute Gasteiger partial charge is 1.00 e. The van der Waals surface area contributed by atoms with Gasteiger partial charge >= 0.3 is 58.2 Å². The molecule has 0 fully saturated rings. The van der Waals surface area contributed by atoms with Gasteiger partial charge in [-0.05, 0) is 0 Å². The molecule has 0 saturated carbocycles. The number of aromatic nitrogens is 2. The first kappa shape index (κ1) is 10.9. The van der Waals surface area contributed by atoms with E-state index in [-0.39, 0.29) is 58.2 Å². The van der Waals surface area contributed by atoms with Crippen LogP contribution in [0.15, 0.2) is 6.20 Å². The summed E-state index contributed by atoms with van der Waals surface area (Å²) in [4.78, 5) is 0. The number of aryl methyl sites for hydroxylation is 1. The van der Waals surface area contributed by atoms with Crippen molar-refractivity contribution in [1.29, 1.82) is 0 Å². The molecule has 0 saturated heterocycles. The van der Waals surface area contributed by atoms with Crippen LogP contribution in [-0.4, -0.2) is 5.10 Å². The molecule has 0 spiro atoms. The molecule has 1 heterocycles. The maximum Gasteiger partial charge on any atom is 1.00 e. The number of hydrogen-bond donors (Lipinski definition) is 0. The van der Waals surface area contributed by atoms with E-state index in [1.54, 1.807) is 6.20 Å². The summed E-state index contributed by atoms with van der Waals surface area (Å²) in [6.45, 7) is 1.85. The van der Waals surface area contributed by atoms with E-state index in [2.05, 4.69) is 16.3 Å². The minimum Gasteiger partial charge on any atom is -0.616 e. The quantitative estimate of drug-likeness (QED) is 0.413. The predicted octanol–water partition coefficient (Wildman–Crippen LogP) is -2.85. The van der Waals surface area contributed by atoms with E-state index in [4.69, 9.17) is 0 Å². The molecule has 0 unspecified atom stereocenters. The van der Waals surface area contributed by atoms with Crippen LogP contribution in [0, 0.1) is 13.0 Å². The Balaban J connectivity index is 0. The molecule has 4 heteroatoms. The molecule has 0 aliphatic carbocycles. The Morgan fingerprint density at radius 1 is 1.75 bits per heavy atom. The van der Waals surface area contributed by atoms with Crippen LogP contribution >= 0.6 is 0 Å². The van der Waals surface area contributed by atoms with Crippen molar-refractivity contribution in [3.05, 3.63) is 18.0 Å². The third-order valence-corrected chi connectivity index (χ3v) is 0.539. The fraction of sp³-hybridized carbons (Fsp3) is 0.250. The zero-order valence-electron chi connectivity index (χ0n) is 5.18. The fourth-order valence-corrected chi connectivity index (χ4v) is 0.267. The topological polar surface area (TPSA) is 27.0 Å². The van der Waals surface area contributed by atoms with Gasteiger partial charge in [-0.15, -0.1) is 0 Å². The van der Waals surface area contributed by atoms with E-state index in [9.17, 15) is 0 Å². The van der Waals surface area contributed by atoms with Crippen LogP contribution in [0.25, 0.3) is 0 Å². The van der Waals surface area contributed by atoms with E-state index in [1.165, 1.54) is 0 Å². The van der Waals surface area contributed by atoms with Crippen molar-refractivity contribution in [2.24, 2.45) is 0 Å². The van der Waals surface area contributed by atoms with Gasteiger partial charge in [0, 0.05) is 0 Å². The minimum absolute atomic E-state index is 0. The molecular weight excluding hydrogens is 429 g/mol. The van der Waals surface area contributed by atoms with Crippen molar-refractivity contribution in [2.75, 3.05) is 0 Å². The van der Waals surface area contributed by atoms with E-state index in [0.29, 0.717) is 0 Å². The van der Waals surface area contributed by atoms with Crippen LogP contribution in [0.4, 0.5) is 0 Å². The summed E-state index contributed by atoms with van der Waals surface area (Å²) in [6.07, 6.45) is 1.55. The van der Waals surface area contributed by atoms with Gasteiger partial charge in [-0.25, -0.2) is 0 Å². The third-order valence-electron chi connectivity index (χ3n) is 0.539. The zero-order chi connectivity index (χ0) is 4.41. The van der Waals surface area contributed by atoms with E-state index in [1.807, 2.05) is 6.92 Å². The van der Waals surface area contributed by atoms with Gasteiger partial charge in [0.15, 0.2) is 0 Å². The average molecular weight is 433 g/mol. The van der Waals surface area contributed by atoms with Gasteiger partial charge < -0.3 is 22.5 Å². The molecule has 0 amide bonds. The molecular formula is C4H4N2RbRf-. The van der Waals surface area contributed by atoms with Crippen molar-refractivity contribution in [1.82, 2.24) is 10.2 Å². The summed E-state index contributed by atoms with van der Waals surface area (Å²) in [6, 6.07) is 2.78. The van der Waals surface area contributed by atoms with Gasteiger partial charge in [0.05, 0.1) is 0 Å². The van der Waals surface area contributed by atoms with E-state index < -0.39 is 0 Å². The van der Waals surface area contributed by atoms with Crippen molar-refractivity contribution < 1.29 is 58.2 Å². The summed E-state index contributed by atoms with van der Waals surface area (Å²) in [5, 5.41) is 7.13. The Morgan fingerprint density at radius 3 is 2.50 bits per heavy atom. The Morgan fingerprint density at radius 2 is 2.38 bits per heavy atom. The van der Waals surface area contributed by atoms with Gasteiger partial charge in [-0.3, -0.25) is 0 Å². The van der Waals surface area contributed by atoms with E-state index >= 15 is 0 Å². The molecule has 0 N–H and O–H groups in total. The smallest absolute Gasteiger partial charge is 0.616 e. The summed E-state index contributed by atoms with van der Waals surface area (Å²) < 4.78 is 0. The van der Waals surface area contributed by atoms with Gasteiger partial charge in [0.1, 0.15) is 0 Å². The second kappa shape index (κ2) is 5.16. The first-order valence-corrected chi connectivity index (χ1v) is 1.72. The summed E-state index contributed by atoms with van der Waals surface area (Å²) in [7, 11) is 0. The first-order chi connectivity index (χ1) is 2.89. The SMILES string of the molecule is Cc1[c-]c[n-]n1.[Rb+].[Rf]. The second-order valence-electron chi connectivity index (χ2n) is 1.07. The van der Waals surface area contributed by atoms with Gasteiger partial charge in [0.25, 0.3) is 0 Å². The second-order valence-corrected chi connectivity index (χ2v) is 1.07. The van der Waals surface area contributed by atoms with Crippen molar-refractivity contribution in [2.45, 2.75) is 6.92 Å². The Kier molecular flexibility index (Phi) is 7.03. The van der Waals surface area contributed by atoms with Crippen LogP contribution in [0.2, 0.25) is 0 Å². The molecule has 0 aliphatic rings. The number of nitrogens with zero attached hydrogens (tertiary/aromatic N) is 2. The summed E-state index contributed by atoms with van der Waals surface area (Å²) in [5.41, 5.74) is 0.856. The predicted molar refractivity (Wildman–Crippen MR) is 21.1 cm³/mol. The van der Waals surface area contributed by atoms with Crippen LogP contribution in [-0.2, 0) is 0 Å². The molecule has 0 aliphatic heterocycles. The number of rotatable bonds is 0. The van der Waals surface area contributed by atoms with Crippen LogP contribution in [0.1, 0.15) is 5.69 Å². The van der Waals surface area contributed by atoms with E-state index in [0.717, 1.165) is 5.69 Å². The van der Waals surface area contributed by atoms with Crippen LogP contribution in [0.5, 0.6) is 0 Å². The number of hydrogen-bond acceptors (Lipinski definition) is 1. The fourth-order valence-electron chi connectivity index (χ4n) is 0.267. The van der Waals surface area contributed by atoms with Gasteiger partial charge in [-0.1, -0.05) is 6.92 Å². The molecule has 0 radical (unpaired) electrons. The van der Waals surface area contributed by atoms with Crippen molar-refractivity contribution in [3.63, 3.8) is 0 Å². The maximum absolute atomic E-state index is 3.61. The Labute approximate surface area is 91.5 Å². The third kappa shape index (κ3) is 3.07. The molecule has 34 valence electrons. The zero-order valence-corrected chi connectivity index (χ0v) is 16.5. The van der Waals surface area contributed by atoms with Crippen molar-refractivity contribution in [3.8, 4) is 0 Å². The van der Waals surface area contributed by atoms with Crippen molar-refractivity contribution >= 4 is 0 Å². The molecule has 8 heavy (non-hydrogen) atoms. The monoisotopic (exact) mass is 432 g/mol. The Bertz CT molecular complexity index is 118. The molecule has 1 rings (SSSR count). The molecule has 0 bridgehead atoms. The normalized spacial score (nSPS) is 6.62. The first-order valence-electron chi connectivity index (χ1n) is 1.72. The minimum atomic E-state index is 0. The van der Waals surface area contributed by atoms with Crippen LogP contribution in [0.3, 0.4) is 0 Å². The standard InChI is InChI=1S/C4H4N2.Rb.Rf/c1-4-2-3-5-6-4;;/h3H,1H3;;/q-2;+1;. The average Bonchev–Trinajstić information content (AvgIpc) is 1.86.